The average molecular weight is 270 g/mol. The normalized spacial score (nSPS) is 14.6. The second-order valence-electron chi connectivity index (χ2n) is 4.57. The Morgan fingerprint density at radius 2 is 2.06 bits per heavy atom. The van der Waals surface area contributed by atoms with Crippen LogP contribution < -0.4 is 11.1 Å². The molecule has 0 aliphatic carbocycles. The van der Waals surface area contributed by atoms with Crippen LogP contribution in [0, 0.1) is 0 Å². The van der Waals surface area contributed by atoms with E-state index in [0.717, 1.165) is 11.4 Å². The Kier molecular flexibility index (Phi) is 5.68. The molecule has 1 aromatic heterocycles. The maximum Gasteiger partial charge on any atom is 0.135 e. The summed E-state index contributed by atoms with van der Waals surface area (Å²) in [6.07, 6.45) is 3.44. The van der Waals surface area contributed by atoms with Gasteiger partial charge in [0.05, 0.1) is 6.61 Å². The molecule has 0 aliphatic heterocycles. The second kappa shape index (κ2) is 6.80. The summed E-state index contributed by atoms with van der Waals surface area (Å²) in [5.74, 6) is 1.53. The van der Waals surface area contributed by atoms with Gasteiger partial charge < -0.3 is 16.2 Å². The molecule has 4 N–H and O–H groups in total. The first-order chi connectivity index (χ1) is 8.51. The molecule has 0 fully saturated rings. The fourth-order valence-electron chi connectivity index (χ4n) is 1.84. The lowest BCUT2D eigenvalue weighted by Crippen LogP contribution is -2.32. The highest BCUT2D eigenvalue weighted by Gasteiger charge is 2.19. The van der Waals surface area contributed by atoms with Crippen LogP contribution in [0.25, 0.3) is 0 Å². The van der Waals surface area contributed by atoms with Crippen LogP contribution in [-0.4, -0.2) is 39.2 Å². The minimum Gasteiger partial charge on any atom is -0.395 e. The van der Waals surface area contributed by atoms with E-state index >= 15 is 0 Å². The van der Waals surface area contributed by atoms with Crippen molar-refractivity contribution in [1.29, 1.82) is 0 Å². The van der Waals surface area contributed by atoms with Crippen molar-refractivity contribution in [3.05, 3.63) is 11.9 Å². The number of nitrogen functional groups attached to an aromatic ring is 1. The van der Waals surface area contributed by atoms with Gasteiger partial charge in [-0.3, -0.25) is 0 Å². The number of anilines is 2. The van der Waals surface area contributed by atoms with E-state index in [1.165, 1.54) is 6.33 Å². The lowest BCUT2D eigenvalue weighted by Gasteiger charge is -2.24. The molecule has 0 saturated carbocycles. The molecule has 0 aliphatic rings. The van der Waals surface area contributed by atoms with Gasteiger partial charge in [0.15, 0.2) is 0 Å². The molecule has 5 nitrogen and oxygen atoms in total. The maximum absolute atomic E-state index is 9.29. The monoisotopic (exact) mass is 270 g/mol. The highest BCUT2D eigenvalue weighted by atomic mass is 32.2. The minimum atomic E-state index is 0.108. The van der Waals surface area contributed by atoms with E-state index in [1.54, 1.807) is 11.8 Å². The molecule has 0 spiro atoms. The van der Waals surface area contributed by atoms with Crippen LogP contribution in [0.15, 0.2) is 6.33 Å². The van der Waals surface area contributed by atoms with Crippen LogP contribution >= 0.6 is 11.8 Å². The summed E-state index contributed by atoms with van der Waals surface area (Å²) in [6.45, 7) is 6.28. The highest BCUT2D eigenvalue weighted by molar-refractivity contribution is 7.99. The molecule has 18 heavy (non-hydrogen) atoms. The van der Waals surface area contributed by atoms with Crippen LogP contribution in [0.4, 0.5) is 11.6 Å². The topological polar surface area (TPSA) is 84.1 Å². The van der Waals surface area contributed by atoms with Crippen molar-refractivity contribution in [2.45, 2.75) is 38.0 Å². The molecule has 102 valence electrons. The zero-order chi connectivity index (χ0) is 13.7. The number of hydrogen-bond donors (Lipinski definition) is 3. The van der Waals surface area contributed by atoms with Crippen molar-refractivity contribution in [2.24, 2.45) is 0 Å². The standard InChI is InChI=1S/C12H22N4OS/c1-7(2)10-11(13)14-6-15-12(10)16-8(3)9(5-17)18-4/h6-9,17H,5H2,1-4H3,(H3,13,14,15,16). The Labute approximate surface area is 113 Å². The van der Waals surface area contributed by atoms with Gasteiger partial charge in [0.25, 0.3) is 0 Å². The van der Waals surface area contributed by atoms with Crippen LogP contribution in [0.5, 0.6) is 0 Å². The third-order valence-corrected chi connectivity index (χ3v) is 4.06. The SMILES string of the molecule is CSC(CO)C(C)Nc1ncnc(N)c1C(C)C. The third kappa shape index (κ3) is 3.49. The maximum atomic E-state index is 9.29. The van der Waals surface area contributed by atoms with Crippen LogP contribution in [0.1, 0.15) is 32.3 Å². The molecular formula is C12H22N4OS. The molecule has 2 atom stereocenters. The van der Waals surface area contributed by atoms with E-state index < -0.39 is 0 Å². The molecule has 2 unspecified atom stereocenters. The molecule has 0 radical (unpaired) electrons. The van der Waals surface area contributed by atoms with Gasteiger partial charge >= 0.3 is 0 Å². The van der Waals surface area contributed by atoms with E-state index in [4.69, 9.17) is 5.73 Å². The van der Waals surface area contributed by atoms with Gasteiger partial charge in [0.1, 0.15) is 18.0 Å². The smallest absolute Gasteiger partial charge is 0.135 e. The Hall–Kier alpha value is -1.01. The highest BCUT2D eigenvalue weighted by Crippen LogP contribution is 2.27. The third-order valence-electron chi connectivity index (χ3n) is 2.90. The number of hydrogen-bond acceptors (Lipinski definition) is 6. The minimum absolute atomic E-state index is 0.108. The van der Waals surface area contributed by atoms with Gasteiger partial charge in [0.2, 0.25) is 0 Å². The van der Waals surface area contributed by atoms with Crippen molar-refractivity contribution in [2.75, 3.05) is 23.9 Å². The molecule has 1 aromatic rings. The summed E-state index contributed by atoms with van der Waals surface area (Å²) in [6, 6.07) is 0.108. The lowest BCUT2D eigenvalue weighted by atomic mass is 10.0. The summed E-state index contributed by atoms with van der Waals surface area (Å²) in [4.78, 5) is 8.28. The summed E-state index contributed by atoms with van der Waals surface area (Å²) in [7, 11) is 0. The van der Waals surface area contributed by atoms with Crippen molar-refractivity contribution in [1.82, 2.24) is 9.97 Å². The van der Waals surface area contributed by atoms with Crippen LogP contribution in [-0.2, 0) is 0 Å². The molecule has 0 bridgehead atoms. The average Bonchev–Trinajstić information content (AvgIpc) is 2.30. The predicted molar refractivity (Wildman–Crippen MR) is 78.0 cm³/mol. The largest absolute Gasteiger partial charge is 0.395 e. The summed E-state index contributed by atoms with van der Waals surface area (Å²) < 4.78 is 0. The Balaban J connectivity index is 2.93. The Morgan fingerprint density at radius 1 is 1.39 bits per heavy atom. The number of nitrogens with zero attached hydrogens (tertiary/aromatic N) is 2. The van der Waals surface area contributed by atoms with Crippen molar-refractivity contribution < 1.29 is 5.11 Å². The van der Waals surface area contributed by atoms with Gasteiger partial charge in [-0.1, -0.05) is 13.8 Å². The summed E-state index contributed by atoms with van der Waals surface area (Å²) in [5, 5.41) is 12.7. The van der Waals surface area contributed by atoms with Crippen LogP contribution in [0.2, 0.25) is 0 Å². The molecule has 0 amide bonds. The first kappa shape index (κ1) is 15.0. The van der Waals surface area contributed by atoms with Gasteiger partial charge in [-0.25, -0.2) is 9.97 Å². The quantitative estimate of drug-likeness (QED) is 0.730. The number of thioether (sulfide) groups is 1. The van der Waals surface area contributed by atoms with Gasteiger partial charge in [-0.15, -0.1) is 0 Å². The first-order valence-electron chi connectivity index (χ1n) is 6.01. The summed E-state index contributed by atoms with van der Waals surface area (Å²) in [5.41, 5.74) is 6.83. The van der Waals surface area contributed by atoms with Gasteiger partial charge in [-0.2, -0.15) is 11.8 Å². The number of aliphatic hydroxyl groups excluding tert-OH is 1. The molecule has 6 heteroatoms. The Bertz CT molecular complexity index is 382. The van der Waals surface area contributed by atoms with Gasteiger partial charge in [0, 0.05) is 16.9 Å². The fourth-order valence-corrected chi connectivity index (χ4v) is 2.46. The van der Waals surface area contributed by atoms with E-state index in [2.05, 4.69) is 29.1 Å². The second-order valence-corrected chi connectivity index (χ2v) is 5.64. The van der Waals surface area contributed by atoms with Crippen molar-refractivity contribution >= 4 is 23.4 Å². The summed E-state index contributed by atoms with van der Waals surface area (Å²) >= 11 is 1.63. The number of aromatic nitrogens is 2. The van der Waals surface area contributed by atoms with Gasteiger partial charge in [-0.05, 0) is 19.1 Å². The molecule has 1 heterocycles. The zero-order valence-corrected chi connectivity index (χ0v) is 12.2. The fraction of sp³-hybridized carbons (Fsp3) is 0.667. The zero-order valence-electron chi connectivity index (χ0n) is 11.3. The number of nitrogens with two attached hydrogens (primary N) is 1. The number of nitrogens with one attached hydrogen (secondary N) is 1. The Morgan fingerprint density at radius 3 is 2.56 bits per heavy atom. The predicted octanol–water partition coefficient (Wildman–Crippen LogP) is 1.71. The number of aliphatic hydroxyl groups is 1. The van der Waals surface area contributed by atoms with Crippen molar-refractivity contribution in [3.63, 3.8) is 0 Å². The van der Waals surface area contributed by atoms with E-state index in [1.807, 2.05) is 13.2 Å². The van der Waals surface area contributed by atoms with E-state index in [-0.39, 0.29) is 23.8 Å². The van der Waals surface area contributed by atoms with Crippen LogP contribution in [0.3, 0.4) is 0 Å². The lowest BCUT2D eigenvalue weighted by molar-refractivity contribution is 0.288. The number of rotatable bonds is 6. The molecule has 0 saturated heterocycles. The molecule has 1 rings (SSSR count). The van der Waals surface area contributed by atoms with E-state index in [0.29, 0.717) is 5.82 Å². The van der Waals surface area contributed by atoms with E-state index in [9.17, 15) is 5.11 Å². The first-order valence-corrected chi connectivity index (χ1v) is 7.30. The van der Waals surface area contributed by atoms with Crippen molar-refractivity contribution in [3.8, 4) is 0 Å². The molecule has 0 aromatic carbocycles. The molecular weight excluding hydrogens is 248 g/mol.